The highest BCUT2D eigenvalue weighted by atomic mass is 16.2. The van der Waals surface area contributed by atoms with Gasteiger partial charge in [0.25, 0.3) is 5.91 Å². The van der Waals surface area contributed by atoms with Gasteiger partial charge in [-0.2, -0.15) is 5.10 Å². The Balaban J connectivity index is 1.37. The second kappa shape index (κ2) is 7.40. The lowest BCUT2D eigenvalue weighted by molar-refractivity contribution is 0.0705. The van der Waals surface area contributed by atoms with Gasteiger partial charge in [-0.25, -0.2) is 0 Å². The second-order valence-electron chi connectivity index (χ2n) is 7.16. The largest absolute Gasteiger partial charge is 0.337 e. The number of benzene rings is 1. The van der Waals surface area contributed by atoms with E-state index in [1.165, 1.54) is 12.0 Å². The minimum atomic E-state index is 0.0778. The molecule has 2 aliphatic heterocycles. The van der Waals surface area contributed by atoms with Crippen LogP contribution in [0.1, 0.15) is 53.7 Å². The van der Waals surface area contributed by atoms with Gasteiger partial charge >= 0.3 is 0 Å². The monoisotopic (exact) mass is 338 g/mol. The Hall–Kier alpha value is -2.14. The van der Waals surface area contributed by atoms with E-state index in [9.17, 15) is 4.79 Å². The highest BCUT2D eigenvalue weighted by Gasteiger charge is 2.26. The second-order valence-corrected chi connectivity index (χ2v) is 7.16. The molecule has 0 spiro atoms. The van der Waals surface area contributed by atoms with E-state index in [1.807, 2.05) is 21.8 Å². The first-order valence-corrected chi connectivity index (χ1v) is 9.41. The molecule has 1 aromatic heterocycles. The summed E-state index contributed by atoms with van der Waals surface area (Å²) in [6.45, 7) is 3.66. The minimum absolute atomic E-state index is 0.0778. The quantitative estimate of drug-likeness (QED) is 0.936. The Bertz CT molecular complexity index is 697. The van der Waals surface area contributed by atoms with Gasteiger partial charge in [-0.3, -0.25) is 9.48 Å². The highest BCUT2D eigenvalue weighted by Crippen LogP contribution is 2.28. The van der Waals surface area contributed by atoms with E-state index in [4.69, 9.17) is 0 Å². The Morgan fingerprint density at radius 3 is 2.60 bits per heavy atom. The Morgan fingerprint density at radius 1 is 1.08 bits per heavy atom. The predicted octanol–water partition coefficient (Wildman–Crippen LogP) is 2.83. The molecule has 25 heavy (non-hydrogen) atoms. The SMILES string of the molecule is O=C(c1ccn(C2CCCNC2)n1)N1CCC(c2ccccc2)CC1. The summed E-state index contributed by atoms with van der Waals surface area (Å²) in [5.41, 5.74) is 1.98. The molecular formula is C20H26N4O. The smallest absolute Gasteiger partial charge is 0.274 e. The molecule has 4 rings (SSSR count). The molecule has 0 saturated carbocycles. The van der Waals surface area contributed by atoms with E-state index in [0.717, 1.165) is 45.4 Å². The first-order chi connectivity index (χ1) is 12.3. The van der Waals surface area contributed by atoms with Crippen molar-refractivity contribution in [2.24, 2.45) is 0 Å². The minimum Gasteiger partial charge on any atom is -0.337 e. The number of hydrogen-bond donors (Lipinski definition) is 1. The summed E-state index contributed by atoms with van der Waals surface area (Å²) in [5.74, 6) is 0.644. The molecule has 1 N–H and O–H groups in total. The van der Waals surface area contributed by atoms with Crippen LogP contribution in [0.4, 0.5) is 0 Å². The summed E-state index contributed by atoms with van der Waals surface area (Å²) in [6.07, 6.45) is 6.32. The third kappa shape index (κ3) is 3.61. The maximum atomic E-state index is 12.8. The van der Waals surface area contributed by atoms with Gasteiger partial charge in [0, 0.05) is 25.8 Å². The molecule has 2 saturated heterocycles. The summed E-state index contributed by atoms with van der Waals surface area (Å²) >= 11 is 0. The van der Waals surface area contributed by atoms with Crippen molar-refractivity contribution >= 4 is 5.91 Å². The molecule has 0 bridgehead atoms. The van der Waals surface area contributed by atoms with Gasteiger partial charge in [-0.15, -0.1) is 0 Å². The lowest BCUT2D eigenvalue weighted by atomic mass is 9.89. The van der Waals surface area contributed by atoms with Crippen molar-refractivity contribution in [3.63, 3.8) is 0 Å². The van der Waals surface area contributed by atoms with Crippen molar-refractivity contribution in [1.82, 2.24) is 20.0 Å². The van der Waals surface area contributed by atoms with E-state index in [0.29, 0.717) is 17.7 Å². The first-order valence-electron chi connectivity index (χ1n) is 9.41. The van der Waals surface area contributed by atoms with Gasteiger partial charge in [-0.05, 0) is 49.8 Å². The van der Waals surface area contributed by atoms with Crippen LogP contribution < -0.4 is 5.32 Å². The fraction of sp³-hybridized carbons (Fsp3) is 0.500. The summed E-state index contributed by atoms with van der Waals surface area (Å²) in [7, 11) is 0. The highest BCUT2D eigenvalue weighted by molar-refractivity contribution is 5.92. The molecule has 2 aromatic rings. The summed E-state index contributed by atoms with van der Waals surface area (Å²) in [6, 6.07) is 12.9. The van der Waals surface area contributed by atoms with Crippen LogP contribution >= 0.6 is 0 Å². The lowest BCUT2D eigenvalue weighted by Gasteiger charge is -2.31. The number of likely N-dealkylation sites (tertiary alicyclic amines) is 1. The zero-order chi connectivity index (χ0) is 17.1. The molecule has 5 nitrogen and oxygen atoms in total. The van der Waals surface area contributed by atoms with Crippen molar-refractivity contribution in [2.75, 3.05) is 26.2 Å². The third-order valence-corrected chi connectivity index (χ3v) is 5.53. The van der Waals surface area contributed by atoms with Gasteiger partial charge in [0.15, 0.2) is 0 Å². The molecule has 2 fully saturated rings. The average Bonchev–Trinajstić information content (AvgIpc) is 3.19. The Morgan fingerprint density at radius 2 is 1.88 bits per heavy atom. The van der Waals surface area contributed by atoms with E-state index in [1.54, 1.807) is 0 Å². The van der Waals surface area contributed by atoms with Gasteiger partial charge in [0.2, 0.25) is 0 Å². The lowest BCUT2D eigenvalue weighted by Crippen LogP contribution is -2.38. The predicted molar refractivity (Wildman–Crippen MR) is 97.7 cm³/mol. The zero-order valence-electron chi connectivity index (χ0n) is 14.6. The molecule has 1 unspecified atom stereocenters. The van der Waals surface area contributed by atoms with E-state index >= 15 is 0 Å². The van der Waals surface area contributed by atoms with Crippen LogP contribution in [0.3, 0.4) is 0 Å². The molecule has 1 aromatic carbocycles. The Labute approximate surface area is 149 Å². The number of amides is 1. The maximum Gasteiger partial charge on any atom is 0.274 e. The van der Waals surface area contributed by atoms with Crippen molar-refractivity contribution in [3.05, 3.63) is 53.9 Å². The molecule has 0 radical (unpaired) electrons. The number of rotatable bonds is 3. The number of hydrogen-bond acceptors (Lipinski definition) is 3. The molecule has 132 valence electrons. The van der Waals surface area contributed by atoms with Crippen LogP contribution in [-0.2, 0) is 0 Å². The van der Waals surface area contributed by atoms with Crippen molar-refractivity contribution in [1.29, 1.82) is 0 Å². The summed E-state index contributed by atoms with van der Waals surface area (Å²) in [4.78, 5) is 14.7. The Kier molecular flexibility index (Phi) is 4.83. The third-order valence-electron chi connectivity index (χ3n) is 5.53. The maximum absolute atomic E-state index is 12.8. The normalized spacial score (nSPS) is 22.1. The number of aromatic nitrogens is 2. The van der Waals surface area contributed by atoms with Gasteiger partial charge < -0.3 is 10.2 Å². The van der Waals surface area contributed by atoms with E-state index < -0.39 is 0 Å². The van der Waals surface area contributed by atoms with Crippen LogP contribution in [0.25, 0.3) is 0 Å². The summed E-state index contributed by atoms with van der Waals surface area (Å²) < 4.78 is 1.97. The van der Waals surface area contributed by atoms with Crippen LogP contribution in [-0.4, -0.2) is 46.8 Å². The molecule has 1 atom stereocenters. The average molecular weight is 338 g/mol. The molecule has 5 heteroatoms. The number of piperidine rings is 2. The van der Waals surface area contributed by atoms with Crippen LogP contribution in [0.5, 0.6) is 0 Å². The van der Waals surface area contributed by atoms with Crippen LogP contribution in [0.2, 0.25) is 0 Å². The number of carbonyl (C=O) groups excluding carboxylic acids is 1. The molecule has 1 amide bonds. The van der Waals surface area contributed by atoms with Crippen molar-refractivity contribution < 1.29 is 4.79 Å². The molecule has 3 heterocycles. The molecule has 2 aliphatic rings. The first kappa shape index (κ1) is 16.3. The van der Waals surface area contributed by atoms with Crippen molar-refractivity contribution in [2.45, 2.75) is 37.6 Å². The van der Waals surface area contributed by atoms with Gasteiger partial charge in [0.1, 0.15) is 5.69 Å². The van der Waals surface area contributed by atoms with E-state index in [2.05, 4.69) is 40.7 Å². The summed E-state index contributed by atoms with van der Waals surface area (Å²) in [5, 5.41) is 7.97. The zero-order valence-corrected chi connectivity index (χ0v) is 14.6. The molecule has 0 aliphatic carbocycles. The standard InChI is InChI=1S/C20H26N4O/c25-20(19-10-14-24(22-19)18-7-4-11-21-15-18)23-12-8-17(9-13-23)16-5-2-1-3-6-16/h1-3,5-6,10,14,17-18,21H,4,7-9,11-13,15H2. The number of nitrogens with zero attached hydrogens (tertiary/aromatic N) is 3. The number of nitrogens with one attached hydrogen (secondary N) is 1. The molecular weight excluding hydrogens is 312 g/mol. The van der Waals surface area contributed by atoms with Gasteiger partial charge in [0.05, 0.1) is 6.04 Å². The fourth-order valence-electron chi connectivity index (χ4n) is 4.02. The van der Waals surface area contributed by atoms with Gasteiger partial charge in [-0.1, -0.05) is 30.3 Å². The van der Waals surface area contributed by atoms with Crippen LogP contribution in [0.15, 0.2) is 42.6 Å². The van der Waals surface area contributed by atoms with E-state index in [-0.39, 0.29) is 5.91 Å². The van der Waals surface area contributed by atoms with Crippen LogP contribution in [0, 0.1) is 0 Å². The number of carbonyl (C=O) groups is 1. The topological polar surface area (TPSA) is 50.2 Å². The fourth-order valence-corrected chi connectivity index (χ4v) is 4.02. The van der Waals surface area contributed by atoms with Crippen molar-refractivity contribution in [3.8, 4) is 0 Å².